The van der Waals surface area contributed by atoms with E-state index in [1.54, 1.807) is 30.5 Å². The Morgan fingerprint density at radius 1 is 0.956 bits per heavy atom. The van der Waals surface area contributed by atoms with Crippen molar-refractivity contribution < 1.29 is 14.5 Å². The van der Waals surface area contributed by atoms with Crippen LogP contribution < -0.4 is 10.2 Å². The van der Waals surface area contributed by atoms with E-state index < -0.39 is 4.92 Å². The second-order valence-electron chi connectivity index (χ2n) is 10.5. The van der Waals surface area contributed by atoms with Gasteiger partial charge in [0.25, 0.3) is 5.69 Å². The molecule has 2 atom stereocenters. The molecule has 3 heterocycles. The first kappa shape index (κ1) is 30.0. The second-order valence-corrected chi connectivity index (χ2v) is 12.1. The van der Waals surface area contributed by atoms with E-state index in [-0.39, 0.29) is 23.7 Å². The molecule has 1 aliphatic heterocycles. The number of hydrogen-bond donors (Lipinski definition) is 1. The summed E-state index contributed by atoms with van der Waals surface area (Å²) in [6, 6.07) is 29.7. The van der Waals surface area contributed by atoms with Gasteiger partial charge in [-0.1, -0.05) is 17.8 Å². The Balaban J connectivity index is 1.36. The topological polar surface area (TPSA) is 103 Å². The first-order valence-electron chi connectivity index (χ1n) is 14.2. The monoisotopic (exact) mass is 635 g/mol. The van der Waals surface area contributed by atoms with E-state index in [1.807, 2.05) is 54.6 Å². The molecule has 0 bridgehead atoms. The van der Waals surface area contributed by atoms with E-state index in [9.17, 15) is 14.9 Å². The lowest BCUT2D eigenvalue weighted by Gasteiger charge is -2.28. The Kier molecular flexibility index (Phi) is 8.38. The first-order valence-corrected chi connectivity index (χ1v) is 15.4. The zero-order valence-corrected chi connectivity index (χ0v) is 26.3. The summed E-state index contributed by atoms with van der Waals surface area (Å²) in [7, 11) is 1.37. The van der Waals surface area contributed by atoms with E-state index in [0.717, 1.165) is 43.8 Å². The van der Waals surface area contributed by atoms with Gasteiger partial charge in [-0.05, 0) is 110 Å². The molecule has 0 amide bonds. The van der Waals surface area contributed by atoms with Gasteiger partial charge in [0.15, 0.2) is 5.11 Å². The highest BCUT2D eigenvalue weighted by Crippen LogP contribution is 2.44. The van der Waals surface area contributed by atoms with Gasteiger partial charge in [-0.2, -0.15) is 0 Å². The molecule has 5 aromatic rings. The number of nitrogens with zero attached hydrogens (tertiary/aromatic N) is 4. The number of rotatable bonds is 8. The molecular formula is C34H29N5O4S2. The number of esters is 1. The highest BCUT2D eigenvalue weighted by atomic mass is 32.2. The number of nitro benzene ring substituents is 1. The molecule has 11 heteroatoms. The molecule has 6 rings (SSSR count). The van der Waals surface area contributed by atoms with Crippen molar-refractivity contribution in [1.82, 2.24) is 14.9 Å². The number of nitrogens with one attached hydrogen (secondary N) is 1. The number of aryl methyl sites for hydroxylation is 1. The molecule has 0 unspecified atom stereocenters. The molecular weight excluding hydrogens is 607 g/mol. The van der Waals surface area contributed by atoms with Crippen LogP contribution in [0.1, 0.15) is 45.1 Å². The Labute approximate surface area is 270 Å². The highest BCUT2D eigenvalue weighted by molar-refractivity contribution is 7.99. The molecule has 2 aromatic heterocycles. The van der Waals surface area contributed by atoms with Crippen LogP contribution in [0.15, 0.2) is 113 Å². The highest BCUT2D eigenvalue weighted by Gasteiger charge is 2.42. The molecule has 3 aromatic carbocycles. The van der Waals surface area contributed by atoms with E-state index >= 15 is 0 Å². The van der Waals surface area contributed by atoms with Crippen molar-refractivity contribution in [1.29, 1.82) is 0 Å². The third kappa shape index (κ3) is 5.92. The number of anilines is 1. The number of ether oxygens (including phenoxy) is 1. The summed E-state index contributed by atoms with van der Waals surface area (Å²) >= 11 is 7.48. The zero-order chi connectivity index (χ0) is 31.7. The molecule has 45 heavy (non-hydrogen) atoms. The lowest BCUT2D eigenvalue weighted by atomic mass is 9.96. The summed E-state index contributed by atoms with van der Waals surface area (Å²) < 4.78 is 7.04. The van der Waals surface area contributed by atoms with Crippen molar-refractivity contribution in [2.24, 2.45) is 0 Å². The third-order valence-corrected chi connectivity index (χ3v) is 9.16. The lowest BCUT2D eigenvalue weighted by Crippen LogP contribution is -2.29. The van der Waals surface area contributed by atoms with Crippen molar-refractivity contribution in [3.8, 4) is 5.69 Å². The standard InChI is InChI=1S/C34H29N5O4S2/c1-21-20-29(22(2)37(21)24-9-7-23(8-10-24)33(40)43-3)32-31(30-6-4-5-19-35-30)36-34(44)38(32)25-11-15-27(16-12-25)45-28-17-13-26(14-18-28)39(41)42/h4-20,31-32H,1-3H3,(H,36,44)/t31-,32+/m0/s1. The predicted octanol–water partition coefficient (Wildman–Crippen LogP) is 7.51. The van der Waals surface area contributed by atoms with Crippen LogP contribution in [0.25, 0.3) is 5.69 Å². The summed E-state index contributed by atoms with van der Waals surface area (Å²) in [5, 5.41) is 15.1. The van der Waals surface area contributed by atoms with E-state index in [1.165, 1.54) is 31.0 Å². The maximum absolute atomic E-state index is 12.0. The van der Waals surface area contributed by atoms with Gasteiger partial charge in [-0.3, -0.25) is 15.1 Å². The Bertz CT molecular complexity index is 1880. The zero-order valence-electron chi connectivity index (χ0n) is 24.7. The van der Waals surface area contributed by atoms with Crippen LogP contribution in [-0.2, 0) is 4.74 Å². The summed E-state index contributed by atoms with van der Waals surface area (Å²) in [6.45, 7) is 4.16. The molecule has 0 spiro atoms. The van der Waals surface area contributed by atoms with Crippen LogP contribution in [0.3, 0.4) is 0 Å². The van der Waals surface area contributed by atoms with E-state index in [2.05, 4.69) is 39.7 Å². The number of hydrogen-bond acceptors (Lipinski definition) is 7. The number of carbonyl (C=O) groups excluding carboxylic acids is 1. The predicted molar refractivity (Wildman–Crippen MR) is 178 cm³/mol. The summed E-state index contributed by atoms with van der Waals surface area (Å²) in [4.78, 5) is 31.4. The number of non-ortho nitro benzene ring substituents is 1. The van der Waals surface area contributed by atoms with Gasteiger partial charge in [0.2, 0.25) is 0 Å². The number of pyridine rings is 1. The lowest BCUT2D eigenvalue weighted by molar-refractivity contribution is -0.384. The Hall–Kier alpha value is -5.00. The second kappa shape index (κ2) is 12.5. The third-order valence-electron chi connectivity index (χ3n) is 7.83. The van der Waals surface area contributed by atoms with Gasteiger partial charge in [0.1, 0.15) is 0 Å². The molecule has 1 saturated heterocycles. The molecule has 0 radical (unpaired) electrons. The number of nitro groups is 1. The molecule has 1 N–H and O–H groups in total. The van der Waals surface area contributed by atoms with Gasteiger partial charge >= 0.3 is 5.97 Å². The number of methoxy groups -OCH3 is 1. The van der Waals surface area contributed by atoms with Gasteiger partial charge in [0, 0.05) is 50.9 Å². The maximum atomic E-state index is 12.0. The van der Waals surface area contributed by atoms with Gasteiger partial charge in [0.05, 0.1) is 35.4 Å². The minimum absolute atomic E-state index is 0.0656. The minimum atomic E-state index is -0.400. The van der Waals surface area contributed by atoms with Gasteiger partial charge in [-0.25, -0.2) is 4.79 Å². The number of carbonyl (C=O) groups is 1. The first-order chi connectivity index (χ1) is 21.7. The quantitative estimate of drug-likeness (QED) is 0.0803. The van der Waals surface area contributed by atoms with Crippen molar-refractivity contribution in [2.75, 3.05) is 12.0 Å². The van der Waals surface area contributed by atoms with E-state index in [0.29, 0.717) is 10.7 Å². The number of benzene rings is 3. The molecule has 0 aliphatic carbocycles. The van der Waals surface area contributed by atoms with Crippen LogP contribution in [0.4, 0.5) is 11.4 Å². The summed E-state index contributed by atoms with van der Waals surface area (Å²) in [5.41, 5.74) is 6.48. The average Bonchev–Trinajstić information content (AvgIpc) is 3.56. The average molecular weight is 636 g/mol. The van der Waals surface area contributed by atoms with Crippen LogP contribution in [0.5, 0.6) is 0 Å². The minimum Gasteiger partial charge on any atom is -0.465 e. The SMILES string of the molecule is COC(=O)c1ccc(-n2c(C)cc([C@@H]3[C@H](c4ccccn4)NC(=S)N3c3ccc(Sc4ccc([N+](=O)[O-])cc4)cc3)c2C)cc1. The summed E-state index contributed by atoms with van der Waals surface area (Å²) in [6.07, 6.45) is 1.79. The van der Waals surface area contributed by atoms with Gasteiger partial charge in [-0.15, -0.1) is 0 Å². The van der Waals surface area contributed by atoms with Crippen molar-refractivity contribution >= 4 is 46.4 Å². The Morgan fingerprint density at radius 2 is 1.60 bits per heavy atom. The number of thiocarbonyl (C=S) groups is 1. The van der Waals surface area contributed by atoms with Crippen molar-refractivity contribution in [3.05, 3.63) is 142 Å². The van der Waals surface area contributed by atoms with E-state index in [4.69, 9.17) is 17.0 Å². The smallest absolute Gasteiger partial charge is 0.337 e. The molecule has 1 fully saturated rings. The molecule has 1 aliphatic rings. The summed E-state index contributed by atoms with van der Waals surface area (Å²) in [5.74, 6) is -0.375. The van der Waals surface area contributed by atoms with Crippen molar-refractivity contribution in [2.45, 2.75) is 35.7 Å². The van der Waals surface area contributed by atoms with Crippen LogP contribution >= 0.6 is 24.0 Å². The molecule has 226 valence electrons. The fraction of sp³-hybridized carbons (Fsp3) is 0.147. The number of aromatic nitrogens is 2. The molecule has 0 saturated carbocycles. The van der Waals surface area contributed by atoms with Crippen LogP contribution in [-0.4, -0.2) is 32.7 Å². The maximum Gasteiger partial charge on any atom is 0.337 e. The normalized spacial score (nSPS) is 16.0. The van der Waals surface area contributed by atoms with Crippen LogP contribution in [0, 0.1) is 24.0 Å². The molecule has 9 nitrogen and oxygen atoms in total. The van der Waals surface area contributed by atoms with Crippen LogP contribution in [0.2, 0.25) is 0 Å². The fourth-order valence-corrected chi connectivity index (χ4v) is 6.91. The Morgan fingerprint density at radius 3 is 2.20 bits per heavy atom. The fourth-order valence-electron chi connectivity index (χ4n) is 5.74. The van der Waals surface area contributed by atoms with Gasteiger partial charge < -0.3 is 19.5 Å². The van der Waals surface area contributed by atoms with Crippen molar-refractivity contribution in [3.63, 3.8) is 0 Å². The largest absolute Gasteiger partial charge is 0.465 e.